The van der Waals surface area contributed by atoms with E-state index < -0.39 is 0 Å². The van der Waals surface area contributed by atoms with E-state index >= 15 is 0 Å². The van der Waals surface area contributed by atoms with Crippen LogP contribution in [0.15, 0.2) is 30.3 Å². The average molecular weight is 337 g/mol. The average Bonchev–Trinajstić information content (AvgIpc) is 2.60. The Morgan fingerprint density at radius 3 is 2.61 bits per heavy atom. The predicted octanol–water partition coefficient (Wildman–Crippen LogP) is 5.33. The van der Waals surface area contributed by atoms with Crippen LogP contribution in [0.5, 0.6) is 0 Å². The van der Waals surface area contributed by atoms with E-state index in [1.165, 1.54) is 37.7 Å². The van der Waals surface area contributed by atoms with E-state index in [2.05, 4.69) is 24.3 Å². The molecule has 0 radical (unpaired) electrons. The van der Waals surface area contributed by atoms with Crippen molar-refractivity contribution in [2.24, 2.45) is 5.92 Å². The molecule has 3 rings (SSSR count). The topological polar surface area (TPSA) is 18.5 Å². The summed E-state index contributed by atoms with van der Waals surface area (Å²) in [5, 5.41) is 0.273. The zero-order chi connectivity index (χ0) is 15.9. The van der Waals surface area contributed by atoms with Crippen molar-refractivity contribution < 1.29 is 9.47 Å². The van der Waals surface area contributed by atoms with Gasteiger partial charge in [0, 0.05) is 12.0 Å². The second kappa shape index (κ2) is 9.05. The third-order valence-corrected chi connectivity index (χ3v) is 5.60. The number of halogens is 1. The number of rotatable bonds is 6. The van der Waals surface area contributed by atoms with Gasteiger partial charge in [0.2, 0.25) is 0 Å². The van der Waals surface area contributed by atoms with Gasteiger partial charge in [0.05, 0.1) is 18.8 Å². The van der Waals surface area contributed by atoms with Gasteiger partial charge in [0.25, 0.3) is 0 Å². The molecule has 0 spiro atoms. The molecular formula is C20H29ClO2. The highest BCUT2D eigenvalue weighted by atomic mass is 35.5. The quantitative estimate of drug-likeness (QED) is 0.516. The maximum atomic E-state index is 6.51. The molecule has 0 N–H and O–H groups in total. The molecule has 2 aliphatic rings. The van der Waals surface area contributed by atoms with Crippen LogP contribution in [0, 0.1) is 5.92 Å². The molecule has 1 aromatic rings. The summed E-state index contributed by atoms with van der Waals surface area (Å²) in [6.45, 7) is 1.43. The molecule has 0 aromatic heterocycles. The molecule has 2 fully saturated rings. The molecule has 1 heterocycles. The van der Waals surface area contributed by atoms with Gasteiger partial charge in [-0.05, 0) is 43.6 Å². The molecule has 1 saturated carbocycles. The molecule has 1 aliphatic carbocycles. The number of hydrogen-bond donors (Lipinski definition) is 0. The van der Waals surface area contributed by atoms with Crippen LogP contribution in [0.1, 0.15) is 56.9 Å². The number of alkyl halides is 1. The van der Waals surface area contributed by atoms with Crippen molar-refractivity contribution in [3.63, 3.8) is 0 Å². The SMILES string of the molecule is Cl[C@H]1C[C@@H](CCOCc2ccccc2)O[C@@H](C2CCCCC2)C1. The van der Waals surface area contributed by atoms with E-state index in [4.69, 9.17) is 21.1 Å². The van der Waals surface area contributed by atoms with Gasteiger partial charge < -0.3 is 9.47 Å². The molecular weight excluding hydrogens is 308 g/mol. The summed E-state index contributed by atoms with van der Waals surface area (Å²) in [5.74, 6) is 0.734. The van der Waals surface area contributed by atoms with Gasteiger partial charge in [0.15, 0.2) is 0 Å². The van der Waals surface area contributed by atoms with Gasteiger partial charge in [-0.15, -0.1) is 11.6 Å². The second-order valence-electron chi connectivity index (χ2n) is 7.09. The van der Waals surface area contributed by atoms with Gasteiger partial charge in [0.1, 0.15) is 0 Å². The Kier molecular flexibility index (Phi) is 6.79. The lowest BCUT2D eigenvalue weighted by Crippen LogP contribution is -2.39. The van der Waals surface area contributed by atoms with Crippen LogP contribution in [-0.2, 0) is 16.1 Å². The molecule has 3 atom stereocenters. The Hall–Kier alpha value is -0.570. The summed E-state index contributed by atoms with van der Waals surface area (Å²) >= 11 is 6.51. The van der Waals surface area contributed by atoms with Gasteiger partial charge in [-0.2, -0.15) is 0 Å². The Bertz CT molecular complexity index is 444. The van der Waals surface area contributed by atoms with Crippen LogP contribution in [0.25, 0.3) is 0 Å². The van der Waals surface area contributed by atoms with Gasteiger partial charge >= 0.3 is 0 Å². The largest absolute Gasteiger partial charge is 0.377 e. The minimum absolute atomic E-state index is 0.272. The maximum absolute atomic E-state index is 6.51. The zero-order valence-corrected chi connectivity index (χ0v) is 14.7. The molecule has 1 aliphatic heterocycles. The van der Waals surface area contributed by atoms with Crippen LogP contribution in [0.2, 0.25) is 0 Å². The third-order valence-electron chi connectivity index (χ3n) is 5.25. The zero-order valence-electron chi connectivity index (χ0n) is 14.0. The Balaban J connectivity index is 1.40. The highest BCUT2D eigenvalue weighted by molar-refractivity contribution is 6.20. The Morgan fingerprint density at radius 2 is 1.83 bits per heavy atom. The first-order valence-corrected chi connectivity index (χ1v) is 9.66. The molecule has 1 aromatic carbocycles. The standard InChI is InChI=1S/C20H29ClO2/c21-18-13-19(11-12-22-15-16-7-3-1-4-8-16)23-20(14-18)17-9-5-2-6-10-17/h1,3-4,7-8,17-20H,2,5-6,9-15H2/t18-,19+,20+/m0/s1. The molecule has 0 unspecified atom stereocenters. The lowest BCUT2D eigenvalue weighted by atomic mass is 9.82. The molecule has 0 bridgehead atoms. The highest BCUT2D eigenvalue weighted by Gasteiger charge is 2.33. The highest BCUT2D eigenvalue weighted by Crippen LogP contribution is 2.36. The summed E-state index contributed by atoms with van der Waals surface area (Å²) in [7, 11) is 0. The summed E-state index contributed by atoms with van der Waals surface area (Å²) in [5.41, 5.74) is 1.23. The first-order chi connectivity index (χ1) is 11.3. The molecule has 23 heavy (non-hydrogen) atoms. The van der Waals surface area contributed by atoms with Gasteiger partial charge in [-0.3, -0.25) is 0 Å². The van der Waals surface area contributed by atoms with Crippen molar-refractivity contribution >= 4 is 11.6 Å². The molecule has 0 amide bonds. The first-order valence-electron chi connectivity index (χ1n) is 9.22. The molecule has 3 heteroatoms. The Morgan fingerprint density at radius 1 is 1.04 bits per heavy atom. The summed E-state index contributed by atoms with van der Waals surface area (Å²) in [4.78, 5) is 0. The van der Waals surface area contributed by atoms with Crippen LogP contribution < -0.4 is 0 Å². The fraction of sp³-hybridized carbons (Fsp3) is 0.700. The van der Waals surface area contributed by atoms with Crippen LogP contribution >= 0.6 is 11.6 Å². The fourth-order valence-electron chi connectivity index (χ4n) is 3.97. The minimum Gasteiger partial charge on any atom is -0.377 e. The predicted molar refractivity (Wildman–Crippen MR) is 94.8 cm³/mol. The third kappa shape index (κ3) is 5.48. The van der Waals surface area contributed by atoms with Crippen LogP contribution in [-0.4, -0.2) is 24.2 Å². The van der Waals surface area contributed by atoms with E-state index in [0.717, 1.165) is 31.8 Å². The van der Waals surface area contributed by atoms with E-state index in [9.17, 15) is 0 Å². The van der Waals surface area contributed by atoms with Crippen molar-refractivity contribution in [3.05, 3.63) is 35.9 Å². The summed E-state index contributed by atoms with van der Waals surface area (Å²) in [6.07, 6.45) is 10.4. The molecule has 128 valence electrons. The Labute approximate surface area is 145 Å². The summed E-state index contributed by atoms with van der Waals surface area (Å²) < 4.78 is 12.2. The normalized spacial score (nSPS) is 29.5. The number of hydrogen-bond acceptors (Lipinski definition) is 2. The second-order valence-corrected chi connectivity index (χ2v) is 7.71. The van der Waals surface area contributed by atoms with E-state index in [0.29, 0.717) is 12.7 Å². The number of ether oxygens (including phenoxy) is 2. The van der Waals surface area contributed by atoms with Gasteiger partial charge in [-0.25, -0.2) is 0 Å². The van der Waals surface area contributed by atoms with Crippen molar-refractivity contribution in [1.82, 2.24) is 0 Å². The van der Waals surface area contributed by atoms with Crippen molar-refractivity contribution in [1.29, 1.82) is 0 Å². The number of benzene rings is 1. The smallest absolute Gasteiger partial charge is 0.0716 e. The first kappa shape index (κ1) is 17.3. The lowest BCUT2D eigenvalue weighted by molar-refractivity contribution is -0.0921. The van der Waals surface area contributed by atoms with E-state index in [1.807, 2.05) is 6.07 Å². The van der Waals surface area contributed by atoms with Crippen molar-refractivity contribution in [2.45, 2.75) is 75.6 Å². The van der Waals surface area contributed by atoms with Crippen LogP contribution in [0.4, 0.5) is 0 Å². The van der Waals surface area contributed by atoms with Crippen molar-refractivity contribution in [2.75, 3.05) is 6.61 Å². The molecule has 1 saturated heterocycles. The van der Waals surface area contributed by atoms with E-state index in [1.54, 1.807) is 0 Å². The van der Waals surface area contributed by atoms with Crippen molar-refractivity contribution in [3.8, 4) is 0 Å². The monoisotopic (exact) mass is 336 g/mol. The van der Waals surface area contributed by atoms with Gasteiger partial charge in [-0.1, -0.05) is 49.6 Å². The van der Waals surface area contributed by atoms with E-state index in [-0.39, 0.29) is 11.5 Å². The minimum atomic E-state index is 0.272. The lowest BCUT2D eigenvalue weighted by Gasteiger charge is -2.38. The fourth-order valence-corrected chi connectivity index (χ4v) is 4.34. The maximum Gasteiger partial charge on any atom is 0.0716 e. The molecule has 2 nitrogen and oxygen atoms in total. The van der Waals surface area contributed by atoms with Crippen LogP contribution in [0.3, 0.4) is 0 Å². The summed E-state index contributed by atoms with van der Waals surface area (Å²) in [6, 6.07) is 10.3.